The molecule has 0 saturated heterocycles. The van der Waals surface area contributed by atoms with Crippen LogP contribution in [-0.2, 0) is 0 Å². The van der Waals surface area contributed by atoms with E-state index < -0.39 is 34.5 Å². The number of carbonyl (C=O) groups is 2. The molecule has 0 aliphatic carbocycles. The van der Waals surface area contributed by atoms with Gasteiger partial charge in [-0.3, -0.25) is 14.5 Å². The summed E-state index contributed by atoms with van der Waals surface area (Å²) in [6.45, 7) is 6.42. The molecule has 0 bridgehead atoms. The normalized spacial score (nSPS) is 10.8. The number of nitrogens with two attached hydrogens (primary N) is 1. The van der Waals surface area contributed by atoms with Crippen molar-refractivity contribution < 1.29 is 18.4 Å². The van der Waals surface area contributed by atoms with Gasteiger partial charge in [0.25, 0.3) is 5.91 Å². The average Bonchev–Trinajstić information content (AvgIpc) is 3.14. The van der Waals surface area contributed by atoms with Crippen molar-refractivity contribution in [3.63, 3.8) is 0 Å². The van der Waals surface area contributed by atoms with Crippen LogP contribution in [0.2, 0.25) is 0 Å². The number of amides is 1. The fraction of sp³-hybridized carbons (Fsp3) is 0.227. The first-order valence-corrected chi connectivity index (χ1v) is 9.38. The summed E-state index contributed by atoms with van der Waals surface area (Å²) in [5, 5.41) is 0.373. The highest BCUT2D eigenvalue weighted by Crippen LogP contribution is 2.25. The topological polar surface area (TPSA) is 92.1 Å². The van der Waals surface area contributed by atoms with E-state index in [9.17, 15) is 18.4 Å². The van der Waals surface area contributed by atoms with E-state index in [1.54, 1.807) is 12.3 Å². The molecule has 1 amide bonds. The summed E-state index contributed by atoms with van der Waals surface area (Å²) in [4.78, 5) is 33.4. The van der Waals surface area contributed by atoms with Gasteiger partial charge in [-0.2, -0.15) is 0 Å². The number of fused-ring (bicyclic) bond motifs is 1. The van der Waals surface area contributed by atoms with Crippen LogP contribution in [-0.4, -0.2) is 46.2 Å². The van der Waals surface area contributed by atoms with Crippen molar-refractivity contribution in [3.05, 3.63) is 64.5 Å². The second-order valence-corrected chi connectivity index (χ2v) is 6.56. The minimum absolute atomic E-state index is 0.0179. The standard InChI is InChI=1S/C22H20F2N4O2/c1-3-28(4-2)9-5-6-13-10-15-16(12-27-22(15)26-11-13)20(29)18-17(23)8-7-14(19(18)24)21(25)30/h7-8,10-12H,3-4,9H2,1-2H3,(H2,25,30)(H,26,27). The summed E-state index contributed by atoms with van der Waals surface area (Å²) >= 11 is 0. The minimum atomic E-state index is -1.29. The van der Waals surface area contributed by atoms with E-state index in [0.717, 1.165) is 25.2 Å². The molecule has 0 fully saturated rings. The summed E-state index contributed by atoms with van der Waals surface area (Å²) in [7, 11) is 0. The number of hydrogen-bond donors (Lipinski definition) is 2. The van der Waals surface area contributed by atoms with E-state index in [1.807, 2.05) is 13.8 Å². The van der Waals surface area contributed by atoms with Gasteiger partial charge in [0.1, 0.15) is 17.3 Å². The van der Waals surface area contributed by atoms with Crippen molar-refractivity contribution in [2.24, 2.45) is 5.73 Å². The van der Waals surface area contributed by atoms with Crippen molar-refractivity contribution in [1.82, 2.24) is 14.9 Å². The smallest absolute Gasteiger partial charge is 0.251 e. The van der Waals surface area contributed by atoms with Crippen molar-refractivity contribution >= 4 is 22.7 Å². The number of nitrogens with one attached hydrogen (secondary N) is 1. The monoisotopic (exact) mass is 410 g/mol. The number of rotatable bonds is 6. The average molecular weight is 410 g/mol. The maximum absolute atomic E-state index is 14.6. The van der Waals surface area contributed by atoms with Crippen LogP contribution >= 0.6 is 0 Å². The maximum Gasteiger partial charge on any atom is 0.251 e. The molecule has 6 nitrogen and oxygen atoms in total. The first kappa shape index (κ1) is 21.1. The Morgan fingerprint density at radius 3 is 2.60 bits per heavy atom. The number of aromatic amines is 1. The zero-order valence-corrected chi connectivity index (χ0v) is 16.6. The Balaban J connectivity index is 2.02. The third-order valence-electron chi connectivity index (χ3n) is 4.79. The summed E-state index contributed by atoms with van der Waals surface area (Å²) in [5.74, 6) is 1.66. The number of pyridine rings is 1. The van der Waals surface area contributed by atoms with Gasteiger partial charge in [0.05, 0.1) is 17.7 Å². The van der Waals surface area contributed by atoms with Gasteiger partial charge in [0.2, 0.25) is 5.78 Å². The summed E-state index contributed by atoms with van der Waals surface area (Å²) in [6.07, 6.45) is 2.88. The number of H-pyrrole nitrogens is 1. The van der Waals surface area contributed by atoms with Gasteiger partial charge in [0.15, 0.2) is 0 Å². The zero-order valence-electron chi connectivity index (χ0n) is 16.6. The molecule has 1 aromatic carbocycles. The second-order valence-electron chi connectivity index (χ2n) is 6.56. The lowest BCUT2D eigenvalue weighted by Gasteiger charge is -2.13. The quantitative estimate of drug-likeness (QED) is 0.483. The Morgan fingerprint density at radius 1 is 1.20 bits per heavy atom. The van der Waals surface area contributed by atoms with Crippen molar-refractivity contribution in [3.8, 4) is 11.8 Å². The minimum Gasteiger partial charge on any atom is -0.366 e. The van der Waals surface area contributed by atoms with Gasteiger partial charge in [-0.05, 0) is 31.3 Å². The first-order chi connectivity index (χ1) is 14.4. The molecule has 0 aliphatic rings. The lowest BCUT2D eigenvalue weighted by Crippen LogP contribution is -2.22. The fourth-order valence-corrected chi connectivity index (χ4v) is 3.05. The maximum atomic E-state index is 14.6. The molecule has 0 unspecified atom stereocenters. The second kappa shape index (κ2) is 8.84. The Labute approximate surface area is 172 Å². The molecule has 0 aliphatic heterocycles. The lowest BCUT2D eigenvalue weighted by atomic mass is 9.99. The van der Waals surface area contributed by atoms with Crippen LogP contribution in [0, 0.1) is 23.5 Å². The third kappa shape index (κ3) is 4.07. The molecular weight excluding hydrogens is 390 g/mol. The number of hydrogen-bond acceptors (Lipinski definition) is 4. The molecule has 0 spiro atoms. The predicted octanol–water partition coefficient (Wildman–Crippen LogP) is 2.86. The summed E-state index contributed by atoms with van der Waals surface area (Å²) in [6, 6.07) is 3.38. The summed E-state index contributed by atoms with van der Waals surface area (Å²) < 4.78 is 28.9. The van der Waals surface area contributed by atoms with E-state index in [2.05, 4.69) is 26.7 Å². The van der Waals surface area contributed by atoms with Crippen molar-refractivity contribution in [1.29, 1.82) is 0 Å². The Kier molecular flexibility index (Phi) is 6.23. The van der Waals surface area contributed by atoms with Gasteiger partial charge < -0.3 is 10.7 Å². The number of aromatic nitrogens is 2. The number of ketones is 1. The molecule has 3 aromatic rings. The van der Waals surface area contributed by atoms with Crippen LogP contribution in [0.15, 0.2) is 30.6 Å². The molecule has 154 valence electrons. The van der Waals surface area contributed by atoms with Crippen LogP contribution in [0.25, 0.3) is 11.0 Å². The van der Waals surface area contributed by atoms with Crippen LogP contribution in [0.5, 0.6) is 0 Å². The van der Waals surface area contributed by atoms with E-state index in [-0.39, 0.29) is 5.56 Å². The molecule has 0 radical (unpaired) electrons. The zero-order chi connectivity index (χ0) is 21.8. The van der Waals surface area contributed by atoms with Crippen LogP contribution in [0.1, 0.15) is 45.7 Å². The predicted molar refractivity (Wildman–Crippen MR) is 109 cm³/mol. The van der Waals surface area contributed by atoms with Gasteiger partial charge in [-0.25, -0.2) is 13.8 Å². The third-order valence-corrected chi connectivity index (χ3v) is 4.79. The molecule has 2 aromatic heterocycles. The highest BCUT2D eigenvalue weighted by Gasteiger charge is 2.25. The molecule has 30 heavy (non-hydrogen) atoms. The Morgan fingerprint density at radius 2 is 1.93 bits per heavy atom. The van der Waals surface area contributed by atoms with Crippen LogP contribution in [0.3, 0.4) is 0 Å². The molecule has 3 rings (SSSR count). The fourth-order valence-electron chi connectivity index (χ4n) is 3.05. The Bertz CT molecular complexity index is 1190. The van der Waals surface area contributed by atoms with Gasteiger partial charge >= 0.3 is 0 Å². The van der Waals surface area contributed by atoms with Gasteiger partial charge in [-0.1, -0.05) is 25.7 Å². The van der Waals surface area contributed by atoms with Crippen molar-refractivity contribution in [2.75, 3.05) is 19.6 Å². The van der Waals surface area contributed by atoms with Gasteiger partial charge in [0, 0.05) is 28.9 Å². The molecule has 3 N–H and O–H groups in total. The van der Waals surface area contributed by atoms with Gasteiger partial charge in [-0.15, -0.1) is 0 Å². The molecular formula is C22H20F2N4O2. The summed E-state index contributed by atoms with van der Waals surface area (Å²) in [5.41, 5.74) is 4.66. The van der Waals surface area contributed by atoms with Crippen molar-refractivity contribution in [2.45, 2.75) is 13.8 Å². The lowest BCUT2D eigenvalue weighted by molar-refractivity contribution is 0.0996. The molecule has 2 heterocycles. The number of carbonyl (C=O) groups excluding carboxylic acids is 2. The molecule has 8 heteroatoms. The molecule has 0 saturated carbocycles. The van der Waals surface area contributed by atoms with E-state index in [1.165, 1.54) is 6.20 Å². The largest absolute Gasteiger partial charge is 0.366 e. The molecule has 0 atom stereocenters. The number of halogens is 2. The first-order valence-electron chi connectivity index (χ1n) is 9.38. The van der Waals surface area contributed by atoms with E-state index in [0.29, 0.717) is 23.1 Å². The SMILES string of the molecule is CCN(CC)CC#Cc1cnc2[nH]cc(C(=O)c3c(F)ccc(C(N)=O)c3F)c2c1. The van der Waals surface area contributed by atoms with Crippen LogP contribution in [0.4, 0.5) is 8.78 Å². The highest BCUT2D eigenvalue weighted by atomic mass is 19.1. The number of primary amides is 1. The highest BCUT2D eigenvalue weighted by molar-refractivity contribution is 6.17. The van der Waals surface area contributed by atoms with E-state index in [4.69, 9.17) is 5.73 Å². The number of nitrogens with zero attached hydrogens (tertiary/aromatic N) is 2. The number of benzene rings is 1. The van der Waals surface area contributed by atoms with Crippen LogP contribution < -0.4 is 5.73 Å². The van der Waals surface area contributed by atoms with E-state index >= 15 is 0 Å². The Hall–Kier alpha value is -3.57.